The Bertz CT molecular complexity index is 980. The molecular weight excluding hydrogens is 366 g/mol. The van der Waals surface area contributed by atoms with E-state index >= 15 is 0 Å². The number of imidazole rings is 1. The summed E-state index contributed by atoms with van der Waals surface area (Å²) in [5, 5.41) is 3.38. The van der Waals surface area contributed by atoms with Crippen LogP contribution in [0.1, 0.15) is 46.8 Å². The lowest BCUT2D eigenvalue weighted by molar-refractivity contribution is 0.0526. The molecule has 3 rings (SSSR count). The monoisotopic (exact) mass is 385 g/mol. The predicted octanol–water partition coefficient (Wildman–Crippen LogP) is 4.37. The highest BCUT2D eigenvalue weighted by Crippen LogP contribution is 2.20. The van der Waals surface area contributed by atoms with Crippen molar-refractivity contribution in [2.75, 3.05) is 11.9 Å². The Morgan fingerprint density at radius 3 is 2.56 bits per heavy atom. The summed E-state index contributed by atoms with van der Waals surface area (Å²) >= 11 is 6.09. The van der Waals surface area contributed by atoms with Crippen LogP contribution < -0.4 is 5.32 Å². The Balaban J connectivity index is 1.88. The van der Waals surface area contributed by atoms with Crippen LogP contribution >= 0.6 is 11.6 Å². The topological polar surface area (TPSA) is 72.7 Å². The van der Waals surface area contributed by atoms with Gasteiger partial charge in [0.1, 0.15) is 11.3 Å². The van der Waals surface area contributed by atoms with Gasteiger partial charge >= 0.3 is 5.97 Å². The summed E-state index contributed by atoms with van der Waals surface area (Å²) in [6.07, 6.45) is 3.23. The lowest BCUT2D eigenvalue weighted by atomic mass is 10.2. The molecule has 1 amide bonds. The first kappa shape index (κ1) is 18.9. The van der Waals surface area contributed by atoms with Crippen molar-refractivity contribution in [1.29, 1.82) is 0 Å². The first-order chi connectivity index (χ1) is 13.0. The third kappa shape index (κ3) is 4.11. The summed E-state index contributed by atoms with van der Waals surface area (Å²) in [5.74, 6) is -0.672. The normalized spacial score (nSPS) is 10.8. The number of anilines is 1. The van der Waals surface area contributed by atoms with Crippen molar-refractivity contribution in [3.8, 4) is 0 Å². The van der Waals surface area contributed by atoms with E-state index in [2.05, 4.69) is 10.3 Å². The van der Waals surface area contributed by atoms with Crippen molar-refractivity contribution >= 4 is 34.8 Å². The highest BCUT2D eigenvalue weighted by Gasteiger charge is 2.19. The number of aromatic nitrogens is 2. The van der Waals surface area contributed by atoms with E-state index in [0.717, 1.165) is 12.1 Å². The van der Waals surface area contributed by atoms with E-state index in [1.54, 1.807) is 53.9 Å². The van der Waals surface area contributed by atoms with Gasteiger partial charge in [0, 0.05) is 11.9 Å². The third-order valence-electron chi connectivity index (χ3n) is 4.01. The van der Waals surface area contributed by atoms with Crippen LogP contribution in [-0.4, -0.2) is 27.9 Å². The molecular formula is C20H20ClN3O3. The minimum absolute atomic E-state index is 0.280. The Morgan fingerprint density at radius 2 is 1.89 bits per heavy atom. The van der Waals surface area contributed by atoms with E-state index in [0.29, 0.717) is 40.6 Å². The van der Waals surface area contributed by atoms with Crippen LogP contribution in [0, 0.1) is 0 Å². The quantitative estimate of drug-likeness (QED) is 0.639. The molecule has 0 aliphatic heterocycles. The number of benzene rings is 1. The van der Waals surface area contributed by atoms with Crippen molar-refractivity contribution in [2.24, 2.45) is 0 Å². The van der Waals surface area contributed by atoms with E-state index in [9.17, 15) is 9.59 Å². The summed E-state index contributed by atoms with van der Waals surface area (Å²) in [7, 11) is 0. The molecule has 0 saturated carbocycles. The SMILES string of the molecule is CCCc1nc2ccc(Cl)cn2c1C(=O)Nc1ccc(C(=O)OCC)cc1. The second kappa shape index (κ2) is 8.22. The molecule has 0 radical (unpaired) electrons. The highest BCUT2D eigenvalue weighted by molar-refractivity contribution is 6.30. The maximum absolute atomic E-state index is 12.9. The number of nitrogens with one attached hydrogen (secondary N) is 1. The molecule has 6 nitrogen and oxygen atoms in total. The number of halogens is 1. The van der Waals surface area contributed by atoms with Crippen molar-refractivity contribution in [3.63, 3.8) is 0 Å². The Morgan fingerprint density at radius 1 is 1.15 bits per heavy atom. The lowest BCUT2D eigenvalue weighted by Crippen LogP contribution is -2.16. The molecule has 2 aromatic heterocycles. The predicted molar refractivity (Wildman–Crippen MR) is 105 cm³/mol. The number of ether oxygens (including phenoxy) is 1. The molecule has 0 aliphatic rings. The third-order valence-corrected chi connectivity index (χ3v) is 4.23. The molecule has 2 heterocycles. The standard InChI is InChI=1S/C20H20ClN3O3/c1-3-5-16-18(24-12-14(21)8-11-17(24)23-16)19(25)22-15-9-6-13(7-10-15)20(26)27-4-2/h6-12H,3-5H2,1-2H3,(H,22,25). The number of amides is 1. The van der Waals surface area contributed by atoms with Crippen molar-refractivity contribution in [1.82, 2.24) is 9.38 Å². The van der Waals surface area contributed by atoms with E-state index in [1.807, 2.05) is 6.92 Å². The van der Waals surface area contributed by atoms with Crippen molar-refractivity contribution < 1.29 is 14.3 Å². The molecule has 140 valence electrons. The summed E-state index contributed by atoms with van der Waals surface area (Å²) in [6, 6.07) is 10.1. The fraction of sp³-hybridized carbons (Fsp3) is 0.250. The highest BCUT2D eigenvalue weighted by atomic mass is 35.5. The molecule has 0 bridgehead atoms. The molecule has 0 spiro atoms. The molecule has 27 heavy (non-hydrogen) atoms. The summed E-state index contributed by atoms with van der Waals surface area (Å²) in [4.78, 5) is 29.2. The molecule has 0 atom stereocenters. The number of esters is 1. The van der Waals surface area contributed by atoms with Gasteiger partial charge in [-0.2, -0.15) is 0 Å². The van der Waals surface area contributed by atoms with Crippen LogP contribution in [0.4, 0.5) is 5.69 Å². The maximum Gasteiger partial charge on any atom is 0.338 e. The van der Waals surface area contributed by atoms with Crippen LogP contribution in [0.2, 0.25) is 5.02 Å². The zero-order valence-corrected chi connectivity index (χ0v) is 15.9. The number of aryl methyl sites for hydroxylation is 1. The smallest absolute Gasteiger partial charge is 0.338 e. The molecule has 1 N–H and O–H groups in total. The number of rotatable bonds is 6. The summed E-state index contributed by atoms with van der Waals surface area (Å²) in [5.41, 5.74) is 2.87. The number of carbonyl (C=O) groups is 2. The van der Waals surface area contributed by atoms with E-state index in [-0.39, 0.29) is 5.91 Å². The Kier molecular flexibility index (Phi) is 5.76. The number of hydrogen-bond acceptors (Lipinski definition) is 4. The Labute approximate surface area is 162 Å². The van der Waals surface area contributed by atoms with E-state index in [4.69, 9.17) is 16.3 Å². The second-order valence-corrected chi connectivity index (χ2v) is 6.42. The largest absolute Gasteiger partial charge is 0.462 e. The molecule has 1 aromatic carbocycles. The summed E-state index contributed by atoms with van der Waals surface area (Å²) in [6.45, 7) is 4.10. The molecule has 0 aliphatic carbocycles. The maximum atomic E-state index is 12.9. The Hall–Kier alpha value is -2.86. The number of carbonyl (C=O) groups excluding carboxylic acids is 2. The van der Waals surface area contributed by atoms with Gasteiger partial charge in [0.25, 0.3) is 5.91 Å². The molecule has 3 aromatic rings. The zero-order chi connectivity index (χ0) is 19.4. The molecule has 7 heteroatoms. The van der Waals surface area contributed by atoms with Crippen molar-refractivity contribution in [2.45, 2.75) is 26.7 Å². The van der Waals surface area contributed by atoms with Gasteiger partial charge in [0.05, 0.1) is 22.9 Å². The average Bonchev–Trinajstić information content (AvgIpc) is 3.00. The lowest BCUT2D eigenvalue weighted by Gasteiger charge is -2.08. The van der Waals surface area contributed by atoms with Crippen LogP contribution in [0.15, 0.2) is 42.6 Å². The number of nitrogens with zero attached hydrogens (tertiary/aromatic N) is 2. The van der Waals surface area contributed by atoms with Crippen LogP contribution in [0.25, 0.3) is 5.65 Å². The van der Waals surface area contributed by atoms with Crippen LogP contribution in [0.3, 0.4) is 0 Å². The fourth-order valence-corrected chi connectivity index (χ4v) is 2.97. The van der Waals surface area contributed by atoms with Gasteiger partial charge in [-0.05, 0) is 49.7 Å². The zero-order valence-electron chi connectivity index (χ0n) is 15.2. The first-order valence-electron chi connectivity index (χ1n) is 8.78. The van der Waals surface area contributed by atoms with Gasteiger partial charge in [-0.25, -0.2) is 9.78 Å². The van der Waals surface area contributed by atoms with Gasteiger partial charge < -0.3 is 10.1 Å². The van der Waals surface area contributed by atoms with Crippen LogP contribution in [0.5, 0.6) is 0 Å². The van der Waals surface area contributed by atoms with Crippen LogP contribution in [-0.2, 0) is 11.2 Å². The van der Waals surface area contributed by atoms with E-state index < -0.39 is 5.97 Å². The van der Waals surface area contributed by atoms with Gasteiger partial charge in [-0.3, -0.25) is 9.20 Å². The number of pyridine rings is 1. The number of fused-ring (bicyclic) bond motifs is 1. The van der Waals surface area contributed by atoms with Gasteiger partial charge in [0.15, 0.2) is 0 Å². The average molecular weight is 386 g/mol. The molecule has 0 saturated heterocycles. The minimum Gasteiger partial charge on any atom is -0.462 e. The van der Waals surface area contributed by atoms with Crippen molar-refractivity contribution in [3.05, 3.63) is 64.6 Å². The fourth-order valence-electron chi connectivity index (χ4n) is 2.81. The summed E-state index contributed by atoms with van der Waals surface area (Å²) < 4.78 is 6.66. The second-order valence-electron chi connectivity index (χ2n) is 5.98. The molecule has 0 unspecified atom stereocenters. The first-order valence-corrected chi connectivity index (χ1v) is 9.16. The van der Waals surface area contributed by atoms with Gasteiger partial charge in [-0.15, -0.1) is 0 Å². The van der Waals surface area contributed by atoms with Gasteiger partial charge in [-0.1, -0.05) is 24.9 Å². The molecule has 0 fully saturated rings. The minimum atomic E-state index is -0.392. The van der Waals surface area contributed by atoms with E-state index in [1.165, 1.54) is 0 Å². The number of hydrogen-bond donors (Lipinski definition) is 1. The van der Waals surface area contributed by atoms with Gasteiger partial charge in [0.2, 0.25) is 0 Å².